The lowest BCUT2D eigenvalue weighted by Crippen LogP contribution is -2.17. The number of nitrogens with zero attached hydrogens (tertiary/aromatic N) is 1. The molecule has 0 unspecified atom stereocenters. The third-order valence-corrected chi connectivity index (χ3v) is 2.68. The van der Waals surface area contributed by atoms with Crippen LogP contribution in [0.25, 0.3) is 10.8 Å². The van der Waals surface area contributed by atoms with Crippen molar-refractivity contribution in [3.8, 4) is 11.8 Å². The third-order valence-electron chi connectivity index (χ3n) is 2.68. The topological polar surface area (TPSA) is 22.0 Å². The molecule has 2 nitrogen and oxygen atoms in total. The molecule has 0 aliphatic heterocycles. The van der Waals surface area contributed by atoms with Crippen LogP contribution in [0.15, 0.2) is 29.2 Å². The number of hydrogen-bond acceptors (Lipinski definition) is 1. The molecule has 0 aliphatic carbocycles. The van der Waals surface area contributed by atoms with E-state index in [2.05, 4.69) is 11.8 Å². The second kappa shape index (κ2) is 6.07. The summed E-state index contributed by atoms with van der Waals surface area (Å²) < 4.78 is 1.59. The Balaban J connectivity index is 0.000000771. The maximum absolute atomic E-state index is 12.0. The Morgan fingerprint density at radius 2 is 1.89 bits per heavy atom. The average Bonchev–Trinajstić information content (AvgIpc) is 2.38. The van der Waals surface area contributed by atoms with Gasteiger partial charge in [0.1, 0.15) is 0 Å². The molecule has 2 rings (SSSR count). The molecule has 0 saturated carbocycles. The van der Waals surface area contributed by atoms with E-state index in [0.717, 1.165) is 21.9 Å². The summed E-state index contributed by atoms with van der Waals surface area (Å²) in [5.74, 6) is 5.91. The molecule has 1 aromatic heterocycles. The van der Waals surface area contributed by atoms with Gasteiger partial charge in [0.25, 0.3) is 5.56 Å². The van der Waals surface area contributed by atoms with Gasteiger partial charge in [-0.15, -0.1) is 5.92 Å². The van der Waals surface area contributed by atoms with Crippen molar-refractivity contribution in [2.24, 2.45) is 7.05 Å². The summed E-state index contributed by atoms with van der Waals surface area (Å²) in [5, 5.41) is 1.71. The average molecular weight is 241 g/mol. The lowest BCUT2D eigenvalue weighted by Gasteiger charge is -2.06. The zero-order valence-corrected chi connectivity index (χ0v) is 11.7. The molecular formula is C16H19NO. The zero-order valence-electron chi connectivity index (χ0n) is 11.7. The molecule has 0 saturated heterocycles. The lowest BCUT2D eigenvalue weighted by molar-refractivity contribution is 0.870. The van der Waals surface area contributed by atoms with Gasteiger partial charge >= 0.3 is 0 Å². The normalized spacial score (nSPS) is 9.17. The minimum atomic E-state index is 0.0368. The number of benzene rings is 1. The molecule has 2 heteroatoms. The number of pyridine rings is 1. The summed E-state index contributed by atoms with van der Waals surface area (Å²) in [6, 6.07) is 5.86. The van der Waals surface area contributed by atoms with E-state index in [9.17, 15) is 4.79 Å². The Hall–Kier alpha value is -2.01. The van der Waals surface area contributed by atoms with Gasteiger partial charge in [0.15, 0.2) is 0 Å². The van der Waals surface area contributed by atoms with Crippen LogP contribution in [0, 0.1) is 18.8 Å². The molecule has 0 radical (unpaired) electrons. The highest BCUT2D eigenvalue weighted by Gasteiger charge is 2.07. The van der Waals surface area contributed by atoms with E-state index in [0.29, 0.717) is 0 Å². The van der Waals surface area contributed by atoms with Gasteiger partial charge in [-0.1, -0.05) is 38.0 Å². The molecule has 0 fully saturated rings. The zero-order chi connectivity index (χ0) is 13.7. The monoisotopic (exact) mass is 241 g/mol. The molecule has 1 aromatic carbocycles. The first-order valence-electron chi connectivity index (χ1n) is 6.17. The molecule has 0 spiro atoms. The van der Waals surface area contributed by atoms with Crippen LogP contribution in [0.2, 0.25) is 0 Å². The van der Waals surface area contributed by atoms with Crippen LogP contribution in [0.1, 0.15) is 31.9 Å². The Labute approximate surface area is 108 Å². The number of fused-ring (bicyclic) bond motifs is 1. The molecule has 2 aromatic rings. The predicted molar refractivity (Wildman–Crippen MR) is 77.8 cm³/mol. The minimum Gasteiger partial charge on any atom is -0.317 e. The van der Waals surface area contributed by atoms with Crippen LogP contribution >= 0.6 is 0 Å². The van der Waals surface area contributed by atoms with Crippen LogP contribution in [0.5, 0.6) is 0 Å². The molecule has 0 amide bonds. The van der Waals surface area contributed by atoms with Crippen molar-refractivity contribution < 1.29 is 0 Å². The maximum Gasteiger partial charge on any atom is 0.258 e. The standard InChI is InChI=1S/C14H13NO.C2H6/c1-4-6-11-9-15(3)14(16)13-10(2)7-5-8-12(11)13;1-2/h5,7-9H,1-3H3;1-2H3. The van der Waals surface area contributed by atoms with Gasteiger partial charge in [-0.05, 0) is 19.4 Å². The lowest BCUT2D eigenvalue weighted by atomic mass is 10.0. The van der Waals surface area contributed by atoms with E-state index in [1.807, 2.05) is 39.0 Å². The Kier molecular flexibility index (Phi) is 4.74. The Morgan fingerprint density at radius 3 is 2.50 bits per heavy atom. The van der Waals surface area contributed by atoms with Crippen LogP contribution in [-0.2, 0) is 7.05 Å². The Morgan fingerprint density at radius 1 is 1.22 bits per heavy atom. The fourth-order valence-corrected chi connectivity index (χ4v) is 1.91. The second-order valence-corrected chi connectivity index (χ2v) is 3.83. The fourth-order valence-electron chi connectivity index (χ4n) is 1.91. The molecule has 18 heavy (non-hydrogen) atoms. The van der Waals surface area contributed by atoms with E-state index < -0.39 is 0 Å². The van der Waals surface area contributed by atoms with Crippen molar-refractivity contribution in [2.75, 3.05) is 0 Å². The molecule has 0 atom stereocenters. The smallest absolute Gasteiger partial charge is 0.258 e. The van der Waals surface area contributed by atoms with Crippen molar-refractivity contribution in [1.29, 1.82) is 0 Å². The van der Waals surface area contributed by atoms with Crippen LogP contribution in [-0.4, -0.2) is 4.57 Å². The van der Waals surface area contributed by atoms with Crippen molar-refractivity contribution in [3.63, 3.8) is 0 Å². The van der Waals surface area contributed by atoms with Crippen molar-refractivity contribution >= 4 is 10.8 Å². The highest BCUT2D eigenvalue weighted by Crippen LogP contribution is 2.17. The summed E-state index contributed by atoms with van der Waals surface area (Å²) >= 11 is 0. The molecule has 0 N–H and O–H groups in total. The largest absolute Gasteiger partial charge is 0.317 e. The van der Waals surface area contributed by atoms with Gasteiger partial charge in [0.2, 0.25) is 0 Å². The van der Waals surface area contributed by atoms with Crippen molar-refractivity contribution in [3.05, 3.63) is 45.9 Å². The predicted octanol–water partition coefficient (Wildman–Crippen LogP) is 3.24. The van der Waals surface area contributed by atoms with Gasteiger partial charge < -0.3 is 4.57 Å². The number of aryl methyl sites for hydroxylation is 2. The van der Waals surface area contributed by atoms with Gasteiger partial charge in [-0.25, -0.2) is 0 Å². The summed E-state index contributed by atoms with van der Waals surface area (Å²) in [6.45, 7) is 7.75. The summed E-state index contributed by atoms with van der Waals surface area (Å²) in [4.78, 5) is 12.0. The van der Waals surface area contributed by atoms with Gasteiger partial charge in [-0.2, -0.15) is 0 Å². The van der Waals surface area contributed by atoms with E-state index in [4.69, 9.17) is 0 Å². The first kappa shape index (κ1) is 14.1. The van der Waals surface area contributed by atoms with Gasteiger partial charge in [-0.3, -0.25) is 4.79 Å². The number of hydrogen-bond donors (Lipinski definition) is 0. The number of aromatic nitrogens is 1. The van der Waals surface area contributed by atoms with Gasteiger partial charge in [0, 0.05) is 24.2 Å². The SMILES string of the molecule is CC.CC#Cc1cn(C)c(=O)c2c(C)cccc12. The summed E-state index contributed by atoms with van der Waals surface area (Å²) in [6.07, 6.45) is 1.79. The van der Waals surface area contributed by atoms with Crippen molar-refractivity contribution in [1.82, 2.24) is 4.57 Å². The van der Waals surface area contributed by atoms with E-state index >= 15 is 0 Å². The quantitative estimate of drug-likeness (QED) is 0.649. The first-order chi connectivity index (χ1) is 8.65. The number of rotatable bonds is 0. The highest BCUT2D eigenvalue weighted by atomic mass is 16.1. The van der Waals surface area contributed by atoms with Crippen LogP contribution < -0.4 is 5.56 Å². The molecule has 94 valence electrons. The molecule has 0 aliphatic rings. The highest BCUT2D eigenvalue weighted by molar-refractivity contribution is 5.89. The Bertz CT molecular complexity index is 669. The fraction of sp³-hybridized carbons (Fsp3) is 0.312. The van der Waals surface area contributed by atoms with E-state index in [1.165, 1.54) is 0 Å². The van der Waals surface area contributed by atoms with Crippen LogP contribution in [0.3, 0.4) is 0 Å². The first-order valence-corrected chi connectivity index (χ1v) is 6.17. The van der Waals surface area contributed by atoms with Gasteiger partial charge in [0.05, 0.1) is 5.39 Å². The molecule has 1 heterocycles. The maximum atomic E-state index is 12.0. The summed E-state index contributed by atoms with van der Waals surface area (Å²) in [5.41, 5.74) is 1.94. The molecule has 0 bridgehead atoms. The molecular weight excluding hydrogens is 222 g/mol. The minimum absolute atomic E-state index is 0.0368. The second-order valence-electron chi connectivity index (χ2n) is 3.83. The van der Waals surface area contributed by atoms with Crippen molar-refractivity contribution in [2.45, 2.75) is 27.7 Å². The van der Waals surface area contributed by atoms with E-state index in [-0.39, 0.29) is 5.56 Å². The summed E-state index contributed by atoms with van der Waals surface area (Å²) in [7, 11) is 1.76. The van der Waals surface area contributed by atoms with Crippen LogP contribution in [0.4, 0.5) is 0 Å². The van der Waals surface area contributed by atoms with E-state index in [1.54, 1.807) is 24.7 Å². The third kappa shape index (κ3) is 2.46.